The molecule has 0 spiro atoms. The molecule has 2 N–H and O–H groups in total. The largest absolute Gasteiger partial charge is 0.396 e. The Hall–Kier alpha value is -1.60. The van der Waals surface area contributed by atoms with Crippen LogP contribution in [0.2, 0.25) is 0 Å². The molecule has 1 rings (SSSR count). The zero-order chi connectivity index (χ0) is 14.8. The van der Waals surface area contributed by atoms with Gasteiger partial charge in [-0.2, -0.15) is 0 Å². The first-order valence-electron chi connectivity index (χ1n) is 6.38. The second-order valence-corrected chi connectivity index (χ2v) is 5.22. The number of nitrogens with zero attached hydrogens (tertiary/aromatic N) is 1. The quantitative estimate of drug-likeness (QED) is 0.315. The molecule has 7 heteroatoms. The molecule has 6 nitrogen and oxygen atoms in total. The van der Waals surface area contributed by atoms with Gasteiger partial charge in [0.1, 0.15) is 0 Å². The number of nitro benzene ring substituents is 1. The standard InChI is InChI=1S/C13H18N2O4S/c16-9-3-1-2-8-14-13(17)10-20-12-6-4-11(5-7-12)15(18)19/h4-7,16H,1-3,8-10H2,(H,14,17). The number of carbonyl (C=O) groups is 1. The van der Waals surface area contributed by atoms with Crippen molar-refractivity contribution < 1.29 is 14.8 Å². The fraction of sp³-hybridized carbons (Fsp3) is 0.462. The summed E-state index contributed by atoms with van der Waals surface area (Å²) in [4.78, 5) is 22.4. The molecule has 0 saturated carbocycles. The van der Waals surface area contributed by atoms with Gasteiger partial charge < -0.3 is 10.4 Å². The molecule has 0 aliphatic rings. The number of nitrogens with one attached hydrogen (secondary N) is 1. The molecule has 20 heavy (non-hydrogen) atoms. The molecule has 1 aromatic carbocycles. The second kappa shape index (κ2) is 9.33. The molecule has 0 heterocycles. The van der Waals surface area contributed by atoms with E-state index in [0.717, 1.165) is 24.2 Å². The van der Waals surface area contributed by atoms with Crippen molar-refractivity contribution in [2.75, 3.05) is 18.9 Å². The van der Waals surface area contributed by atoms with Crippen molar-refractivity contribution in [3.8, 4) is 0 Å². The summed E-state index contributed by atoms with van der Waals surface area (Å²) in [6.07, 6.45) is 2.51. The van der Waals surface area contributed by atoms with Gasteiger partial charge in [-0.1, -0.05) is 0 Å². The number of hydrogen-bond acceptors (Lipinski definition) is 5. The van der Waals surface area contributed by atoms with Gasteiger partial charge in [0.15, 0.2) is 0 Å². The lowest BCUT2D eigenvalue weighted by molar-refractivity contribution is -0.384. The number of aliphatic hydroxyl groups excluding tert-OH is 1. The van der Waals surface area contributed by atoms with Crippen LogP contribution in [0.15, 0.2) is 29.2 Å². The molecule has 0 unspecified atom stereocenters. The number of unbranched alkanes of at least 4 members (excludes halogenated alkanes) is 2. The average molecular weight is 298 g/mol. The minimum Gasteiger partial charge on any atom is -0.396 e. The Morgan fingerprint density at radius 2 is 1.95 bits per heavy atom. The lowest BCUT2D eigenvalue weighted by Gasteiger charge is -2.04. The number of aliphatic hydroxyl groups is 1. The lowest BCUT2D eigenvalue weighted by Crippen LogP contribution is -2.26. The van der Waals surface area contributed by atoms with Gasteiger partial charge in [0.25, 0.3) is 5.69 Å². The van der Waals surface area contributed by atoms with Crippen LogP contribution < -0.4 is 5.32 Å². The third kappa shape index (κ3) is 6.53. The van der Waals surface area contributed by atoms with E-state index in [1.165, 1.54) is 23.9 Å². The molecule has 0 radical (unpaired) electrons. The maximum atomic E-state index is 11.5. The first kappa shape index (κ1) is 16.5. The number of nitro groups is 1. The number of rotatable bonds is 9. The van der Waals surface area contributed by atoms with Gasteiger partial charge >= 0.3 is 0 Å². The third-order valence-corrected chi connectivity index (χ3v) is 3.59. The van der Waals surface area contributed by atoms with Crippen LogP contribution in [-0.4, -0.2) is 34.8 Å². The smallest absolute Gasteiger partial charge is 0.269 e. The molecular weight excluding hydrogens is 280 g/mol. The van der Waals surface area contributed by atoms with Crippen LogP contribution in [0.1, 0.15) is 19.3 Å². The third-order valence-electron chi connectivity index (χ3n) is 2.57. The van der Waals surface area contributed by atoms with Crippen molar-refractivity contribution in [2.24, 2.45) is 0 Å². The van der Waals surface area contributed by atoms with Crippen LogP contribution in [0.25, 0.3) is 0 Å². The van der Waals surface area contributed by atoms with Gasteiger partial charge in [-0.15, -0.1) is 11.8 Å². The average Bonchev–Trinajstić information content (AvgIpc) is 2.45. The summed E-state index contributed by atoms with van der Waals surface area (Å²) in [5.41, 5.74) is 0.0442. The van der Waals surface area contributed by atoms with Gasteiger partial charge in [0.05, 0.1) is 10.7 Å². The van der Waals surface area contributed by atoms with E-state index in [1.54, 1.807) is 12.1 Å². The summed E-state index contributed by atoms with van der Waals surface area (Å²) < 4.78 is 0. The molecule has 0 aromatic heterocycles. The lowest BCUT2D eigenvalue weighted by atomic mass is 10.2. The fourth-order valence-corrected chi connectivity index (χ4v) is 2.23. The van der Waals surface area contributed by atoms with E-state index < -0.39 is 4.92 Å². The van der Waals surface area contributed by atoms with Gasteiger partial charge in [0, 0.05) is 30.2 Å². The van der Waals surface area contributed by atoms with Gasteiger partial charge in [0.2, 0.25) is 5.91 Å². The number of non-ortho nitro benzene ring substituents is 1. The molecular formula is C13H18N2O4S. The molecule has 0 aliphatic carbocycles. The van der Waals surface area contributed by atoms with Gasteiger partial charge in [-0.25, -0.2) is 0 Å². The van der Waals surface area contributed by atoms with Crippen LogP contribution in [0, 0.1) is 10.1 Å². The molecule has 0 aliphatic heterocycles. The summed E-state index contributed by atoms with van der Waals surface area (Å²) in [6.45, 7) is 0.795. The number of carbonyl (C=O) groups excluding carboxylic acids is 1. The fourth-order valence-electron chi connectivity index (χ4n) is 1.51. The highest BCUT2D eigenvalue weighted by Crippen LogP contribution is 2.20. The maximum absolute atomic E-state index is 11.5. The predicted molar refractivity (Wildman–Crippen MR) is 77.8 cm³/mol. The summed E-state index contributed by atoms with van der Waals surface area (Å²) in [5, 5.41) is 21.9. The monoisotopic (exact) mass is 298 g/mol. The van der Waals surface area contributed by atoms with Gasteiger partial charge in [-0.3, -0.25) is 14.9 Å². The van der Waals surface area contributed by atoms with Crippen molar-refractivity contribution in [3.05, 3.63) is 34.4 Å². The Morgan fingerprint density at radius 3 is 2.55 bits per heavy atom. The van der Waals surface area contributed by atoms with E-state index >= 15 is 0 Å². The van der Waals surface area contributed by atoms with E-state index in [9.17, 15) is 14.9 Å². The van der Waals surface area contributed by atoms with E-state index in [4.69, 9.17) is 5.11 Å². The van der Waals surface area contributed by atoms with E-state index in [1.807, 2.05) is 0 Å². The molecule has 0 saturated heterocycles. The van der Waals surface area contributed by atoms with Crippen molar-refractivity contribution in [1.82, 2.24) is 5.32 Å². The number of thioether (sulfide) groups is 1. The Morgan fingerprint density at radius 1 is 1.25 bits per heavy atom. The van der Waals surface area contributed by atoms with E-state index in [2.05, 4.69) is 5.32 Å². The molecule has 0 atom stereocenters. The number of benzene rings is 1. The van der Waals surface area contributed by atoms with Gasteiger partial charge in [-0.05, 0) is 31.4 Å². The number of hydrogen-bond donors (Lipinski definition) is 2. The molecule has 0 fully saturated rings. The van der Waals surface area contributed by atoms with Crippen molar-refractivity contribution >= 4 is 23.4 Å². The SMILES string of the molecule is O=C(CSc1ccc([N+](=O)[O-])cc1)NCCCCCO. The Balaban J connectivity index is 2.22. The topological polar surface area (TPSA) is 92.5 Å². The number of amides is 1. The van der Waals surface area contributed by atoms with Crippen LogP contribution in [0.4, 0.5) is 5.69 Å². The predicted octanol–water partition coefficient (Wildman–Crippen LogP) is 1.97. The summed E-state index contributed by atoms with van der Waals surface area (Å²) >= 11 is 1.34. The van der Waals surface area contributed by atoms with Crippen LogP contribution in [0.5, 0.6) is 0 Å². The van der Waals surface area contributed by atoms with Crippen molar-refractivity contribution in [1.29, 1.82) is 0 Å². The Bertz CT molecular complexity index is 437. The van der Waals surface area contributed by atoms with Crippen molar-refractivity contribution in [3.63, 3.8) is 0 Å². The Kier molecular flexibility index (Phi) is 7.67. The first-order valence-corrected chi connectivity index (χ1v) is 7.37. The summed E-state index contributed by atoms with van der Waals surface area (Å²) in [7, 11) is 0. The molecule has 0 bridgehead atoms. The minimum atomic E-state index is -0.451. The van der Waals surface area contributed by atoms with Crippen molar-refractivity contribution in [2.45, 2.75) is 24.2 Å². The van der Waals surface area contributed by atoms with Crippen LogP contribution in [0.3, 0.4) is 0 Å². The van der Waals surface area contributed by atoms with E-state index in [-0.39, 0.29) is 24.0 Å². The highest BCUT2D eigenvalue weighted by Gasteiger charge is 2.06. The zero-order valence-electron chi connectivity index (χ0n) is 11.1. The summed E-state index contributed by atoms with van der Waals surface area (Å²) in [5.74, 6) is 0.231. The van der Waals surface area contributed by atoms with E-state index in [0.29, 0.717) is 6.54 Å². The Labute approximate surface area is 121 Å². The molecule has 1 amide bonds. The minimum absolute atomic E-state index is 0.0442. The highest BCUT2D eigenvalue weighted by atomic mass is 32.2. The first-order chi connectivity index (χ1) is 9.63. The molecule has 110 valence electrons. The zero-order valence-corrected chi connectivity index (χ0v) is 11.9. The molecule has 1 aromatic rings. The second-order valence-electron chi connectivity index (χ2n) is 4.17. The van der Waals surface area contributed by atoms with Crippen LogP contribution in [-0.2, 0) is 4.79 Å². The maximum Gasteiger partial charge on any atom is 0.269 e. The normalized spacial score (nSPS) is 10.2. The van der Waals surface area contributed by atoms with Crippen LogP contribution >= 0.6 is 11.8 Å². The summed E-state index contributed by atoms with van der Waals surface area (Å²) in [6, 6.07) is 6.12. The highest BCUT2D eigenvalue weighted by molar-refractivity contribution is 8.00.